The van der Waals surface area contributed by atoms with Crippen LogP contribution in [-0.4, -0.2) is 12.2 Å². The van der Waals surface area contributed by atoms with Crippen LogP contribution in [0.5, 0.6) is 0 Å². The first-order chi connectivity index (χ1) is 4.70. The van der Waals surface area contributed by atoms with Crippen LogP contribution in [0.2, 0.25) is 0 Å². The Morgan fingerprint density at radius 3 is 2.60 bits per heavy atom. The summed E-state index contributed by atoms with van der Waals surface area (Å²) in [4.78, 5) is 0. The van der Waals surface area contributed by atoms with E-state index in [1.807, 2.05) is 6.92 Å². The van der Waals surface area contributed by atoms with Crippen molar-refractivity contribution in [2.24, 2.45) is 11.7 Å². The molecule has 1 fully saturated rings. The predicted octanol–water partition coefficient (Wildman–Crippen LogP) is 1.86. The standard InChI is InChI=1S/C8H16FN/c1-6(10)7-3-2-4-8(9)5-7/h6-8H,2-5,10H2,1H3/t6-,7+,8+/m0/s1. The van der Waals surface area contributed by atoms with Crippen molar-refractivity contribution in [2.75, 3.05) is 0 Å². The van der Waals surface area contributed by atoms with Crippen LogP contribution >= 0.6 is 0 Å². The van der Waals surface area contributed by atoms with Gasteiger partial charge in [0.15, 0.2) is 0 Å². The summed E-state index contributed by atoms with van der Waals surface area (Å²) in [6, 6.07) is 0.179. The summed E-state index contributed by atoms with van der Waals surface area (Å²) in [7, 11) is 0. The largest absolute Gasteiger partial charge is 0.328 e. The third-order valence-electron chi connectivity index (χ3n) is 2.39. The Morgan fingerprint density at radius 2 is 2.20 bits per heavy atom. The van der Waals surface area contributed by atoms with E-state index >= 15 is 0 Å². The third kappa shape index (κ3) is 1.94. The Morgan fingerprint density at radius 1 is 1.50 bits per heavy atom. The molecule has 1 aliphatic rings. The average molecular weight is 145 g/mol. The van der Waals surface area contributed by atoms with Gasteiger partial charge in [-0.2, -0.15) is 0 Å². The van der Waals surface area contributed by atoms with Crippen molar-refractivity contribution in [3.05, 3.63) is 0 Å². The highest BCUT2D eigenvalue weighted by Gasteiger charge is 2.23. The Balaban J connectivity index is 2.32. The lowest BCUT2D eigenvalue weighted by Crippen LogP contribution is -2.31. The van der Waals surface area contributed by atoms with Gasteiger partial charge in [-0.3, -0.25) is 0 Å². The van der Waals surface area contributed by atoms with Gasteiger partial charge in [0, 0.05) is 6.04 Å². The molecule has 0 spiro atoms. The molecule has 60 valence electrons. The molecule has 10 heavy (non-hydrogen) atoms. The zero-order chi connectivity index (χ0) is 7.56. The number of halogens is 1. The van der Waals surface area contributed by atoms with Crippen molar-refractivity contribution in [3.63, 3.8) is 0 Å². The van der Waals surface area contributed by atoms with Gasteiger partial charge in [0.1, 0.15) is 6.17 Å². The molecule has 3 atom stereocenters. The number of hydrogen-bond donors (Lipinski definition) is 1. The fraction of sp³-hybridized carbons (Fsp3) is 1.00. The third-order valence-corrected chi connectivity index (χ3v) is 2.39. The maximum Gasteiger partial charge on any atom is 0.100 e. The molecular formula is C8H16FN. The molecule has 2 N–H and O–H groups in total. The zero-order valence-electron chi connectivity index (χ0n) is 6.52. The molecule has 0 aromatic heterocycles. The smallest absolute Gasteiger partial charge is 0.100 e. The highest BCUT2D eigenvalue weighted by Crippen LogP contribution is 2.27. The second-order valence-electron chi connectivity index (χ2n) is 3.38. The Kier molecular flexibility index (Phi) is 2.66. The first-order valence-electron chi connectivity index (χ1n) is 4.10. The van der Waals surface area contributed by atoms with Gasteiger partial charge >= 0.3 is 0 Å². The number of nitrogens with two attached hydrogens (primary N) is 1. The van der Waals surface area contributed by atoms with Gasteiger partial charge in [0.2, 0.25) is 0 Å². The lowest BCUT2D eigenvalue weighted by atomic mass is 9.84. The lowest BCUT2D eigenvalue weighted by molar-refractivity contribution is 0.184. The molecule has 2 heteroatoms. The Labute approximate surface area is 61.8 Å². The van der Waals surface area contributed by atoms with E-state index in [0.717, 1.165) is 19.3 Å². The van der Waals surface area contributed by atoms with Crippen molar-refractivity contribution in [2.45, 2.75) is 44.8 Å². The Hall–Kier alpha value is -0.110. The van der Waals surface area contributed by atoms with E-state index in [1.54, 1.807) is 0 Å². The molecule has 0 aliphatic heterocycles. The molecule has 1 nitrogen and oxygen atoms in total. The van der Waals surface area contributed by atoms with Crippen LogP contribution in [0.15, 0.2) is 0 Å². The maximum atomic E-state index is 12.7. The van der Waals surface area contributed by atoms with E-state index in [4.69, 9.17) is 5.73 Å². The summed E-state index contributed by atoms with van der Waals surface area (Å²) in [5.41, 5.74) is 5.66. The molecule has 1 saturated carbocycles. The normalized spacial score (nSPS) is 37.5. The van der Waals surface area contributed by atoms with E-state index in [-0.39, 0.29) is 6.04 Å². The highest BCUT2D eigenvalue weighted by molar-refractivity contribution is 4.77. The van der Waals surface area contributed by atoms with E-state index in [0.29, 0.717) is 12.3 Å². The van der Waals surface area contributed by atoms with Gasteiger partial charge < -0.3 is 5.73 Å². The van der Waals surface area contributed by atoms with E-state index in [9.17, 15) is 4.39 Å². The van der Waals surface area contributed by atoms with Gasteiger partial charge in [0.25, 0.3) is 0 Å². The maximum absolute atomic E-state index is 12.7. The summed E-state index contributed by atoms with van der Waals surface area (Å²) < 4.78 is 12.7. The summed E-state index contributed by atoms with van der Waals surface area (Å²) in [6.45, 7) is 1.97. The number of hydrogen-bond acceptors (Lipinski definition) is 1. The molecule has 0 aromatic rings. The summed E-state index contributed by atoms with van der Waals surface area (Å²) >= 11 is 0. The molecule has 0 aromatic carbocycles. The molecular weight excluding hydrogens is 129 g/mol. The highest BCUT2D eigenvalue weighted by atomic mass is 19.1. The topological polar surface area (TPSA) is 26.0 Å². The quantitative estimate of drug-likeness (QED) is 0.598. The van der Waals surface area contributed by atoms with Crippen LogP contribution in [0.3, 0.4) is 0 Å². The van der Waals surface area contributed by atoms with Gasteiger partial charge in [-0.1, -0.05) is 6.42 Å². The summed E-state index contributed by atoms with van der Waals surface area (Å²) in [6.07, 6.45) is 3.01. The first kappa shape index (κ1) is 7.99. The lowest BCUT2D eigenvalue weighted by Gasteiger charge is -2.27. The monoisotopic (exact) mass is 145 g/mol. The van der Waals surface area contributed by atoms with E-state index in [1.165, 1.54) is 0 Å². The molecule has 0 radical (unpaired) electrons. The van der Waals surface area contributed by atoms with Crippen LogP contribution in [0.25, 0.3) is 0 Å². The van der Waals surface area contributed by atoms with Crippen LogP contribution in [-0.2, 0) is 0 Å². The van der Waals surface area contributed by atoms with Gasteiger partial charge in [-0.15, -0.1) is 0 Å². The molecule has 0 heterocycles. The fourth-order valence-electron chi connectivity index (χ4n) is 1.64. The average Bonchev–Trinajstić information content (AvgIpc) is 1.88. The van der Waals surface area contributed by atoms with Crippen LogP contribution in [0.1, 0.15) is 32.6 Å². The molecule has 1 aliphatic carbocycles. The second kappa shape index (κ2) is 3.33. The van der Waals surface area contributed by atoms with Crippen molar-refractivity contribution >= 4 is 0 Å². The van der Waals surface area contributed by atoms with Crippen LogP contribution in [0, 0.1) is 5.92 Å². The molecule has 0 unspecified atom stereocenters. The van der Waals surface area contributed by atoms with Crippen molar-refractivity contribution in [1.29, 1.82) is 0 Å². The van der Waals surface area contributed by atoms with Gasteiger partial charge in [0.05, 0.1) is 0 Å². The van der Waals surface area contributed by atoms with Gasteiger partial charge in [-0.05, 0) is 32.1 Å². The van der Waals surface area contributed by atoms with Crippen molar-refractivity contribution in [1.82, 2.24) is 0 Å². The minimum atomic E-state index is -0.579. The minimum Gasteiger partial charge on any atom is -0.328 e. The van der Waals surface area contributed by atoms with E-state index in [2.05, 4.69) is 0 Å². The SMILES string of the molecule is C[C@H](N)[C@@H]1CCC[C@@H](F)C1. The Bertz CT molecular complexity index is 103. The van der Waals surface area contributed by atoms with Gasteiger partial charge in [-0.25, -0.2) is 4.39 Å². The first-order valence-corrected chi connectivity index (χ1v) is 4.10. The van der Waals surface area contributed by atoms with Crippen molar-refractivity contribution in [3.8, 4) is 0 Å². The zero-order valence-corrected chi connectivity index (χ0v) is 6.52. The fourth-order valence-corrected chi connectivity index (χ4v) is 1.64. The second-order valence-corrected chi connectivity index (χ2v) is 3.38. The predicted molar refractivity (Wildman–Crippen MR) is 40.5 cm³/mol. The minimum absolute atomic E-state index is 0.179. The number of rotatable bonds is 1. The van der Waals surface area contributed by atoms with Crippen LogP contribution in [0.4, 0.5) is 4.39 Å². The molecule has 0 amide bonds. The summed E-state index contributed by atoms with van der Waals surface area (Å²) in [5, 5.41) is 0. The summed E-state index contributed by atoms with van der Waals surface area (Å²) in [5.74, 6) is 0.434. The number of alkyl halides is 1. The van der Waals surface area contributed by atoms with Crippen LogP contribution < -0.4 is 5.73 Å². The van der Waals surface area contributed by atoms with E-state index < -0.39 is 6.17 Å². The molecule has 1 rings (SSSR count). The van der Waals surface area contributed by atoms with Crippen molar-refractivity contribution < 1.29 is 4.39 Å². The molecule has 0 saturated heterocycles. The molecule has 0 bridgehead atoms.